The second-order valence-electron chi connectivity index (χ2n) is 6.76. The Morgan fingerprint density at radius 3 is 2.84 bits per heavy atom. The molecule has 1 aliphatic rings. The van der Waals surface area contributed by atoms with Gasteiger partial charge in [0.1, 0.15) is 15.5 Å². The van der Waals surface area contributed by atoms with E-state index in [1.54, 1.807) is 25.3 Å². The number of nitrogens with two attached hydrogens (primary N) is 1. The van der Waals surface area contributed by atoms with E-state index in [-0.39, 0.29) is 12.7 Å². The van der Waals surface area contributed by atoms with Crippen LogP contribution in [0.3, 0.4) is 0 Å². The molecule has 1 aliphatic heterocycles. The maximum absolute atomic E-state index is 12.9. The van der Waals surface area contributed by atoms with Crippen molar-refractivity contribution >= 4 is 50.4 Å². The Morgan fingerprint density at radius 2 is 2.00 bits per heavy atom. The number of rotatable bonds is 4. The number of nitrogens with one attached hydrogen (secondary N) is 1. The molecule has 2 aromatic heterocycles. The van der Waals surface area contributed by atoms with Crippen LogP contribution in [0.2, 0.25) is 5.02 Å². The molecule has 2 aromatic carbocycles. The van der Waals surface area contributed by atoms with Gasteiger partial charge >= 0.3 is 0 Å². The number of benzene rings is 2. The van der Waals surface area contributed by atoms with E-state index in [0.717, 1.165) is 16.6 Å². The van der Waals surface area contributed by atoms with Crippen molar-refractivity contribution in [2.75, 3.05) is 25.0 Å². The number of hydrogen-bond donors (Lipinski definition) is 2. The number of amides is 1. The molecule has 0 saturated heterocycles. The smallest absolute Gasteiger partial charge is 0.267 e. The maximum Gasteiger partial charge on any atom is 0.267 e. The Balaban J connectivity index is 1.48. The fourth-order valence-electron chi connectivity index (χ4n) is 3.29. The number of ether oxygens (including phenoxy) is 3. The van der Waals surface area contributed by atoms with E-state index >= 15 is 0 Å². The van der Waals surface area contributed by atoms with E-state index < -0.39 is 0 Å². The highest BCUT2D eigenvalue weighted by Crippen LogP contribution is 2.38. The quantitative estimate of drug-likeness (QED) is 0.441. The molecule has 0 fully saturated rings. The predicted molar refractivity (Wildman–Crippen MR) is 122 cm³/mol. The number of halogens is 1. The highest BCUT2D eigenvalue weighted by molar-refractivity contribution is 7.21. The molecular formula is C22H16ClN3O4S. The van der Waals surface area contributed by atoms with Gasteiger partial charge in [0, 0.05) is 17.0 Å². The van der Waals surface area contributed by atoms with Crippen LogP contribution in [-0.2, 0) is 0 Å². The van der Waals surface area contributed by atoms with Gasteiger partial charge < -0.3 is 25.3 Å². The number of aromatic nitrogens is 1. The molecule has 31 heavy (non-hydrogen) atoms. The summed E-state index contributed by atoms with van der Waals surface area (Å²) in [6.07, 6.45) is 0. The van der Waals surface area contributed by atoms with E-state index in [0.29, 0.717) is 43.4 Å². The lowest BCUT2D eigenvalue weighted by Gasteiger charge is -2.08. The highest BCUT2D eigenvalue weighted by atomic mass is 35.5. The highest BCUT2D eigenvalue weighted by Gasteiger charge is 2.20. The molecule has 0 atom stereocenters. The third kappa shape index (κ3) is 3.49. The number of nitrogens with zero attached hydrogens (tertiary/aromatic N) is 1. The van der Waals surface area contributed by atoms with Crippen molar-refractivity contribution in [3.05, 3.63) is 58.4 Å². The molecular weight excluding hydrogens is 438 g/mol. The molecule has 0 aliphatic carbocycles. The maximum atomic E-state index is 12.9. The number of thiophene rings is 1. The van der Waals surface area contributed by atoms with Gasteiger partial charge in [0.15, 0.2) is 11.5 Å². The van der Waals surface area contributed by atoms with Gasteiger partial charge in [-0.05, 0) is 42.5 Å². The Hall–Kier alpha value is -3.49. The minimum absolute atomic E-state index is 0.211. The van der Waals surface area contributed by atoms with Gasteiger partial charge in [0.05, 0.1) is 29.2 Å². The van der Waals surface area contributed by atoms with Gasteiger partial charge in [-0.3, -0.25) is 4.79 Å². The van der Waals surface area contributed by atoms with Crippen LogP contribution in [0, 0.1) is 0 Å². The number of carbonyl (C=O) groups is 1. The lowest BCUT2D eigenvalue weighted by atomic mass is 10.1. The first-order valence-electron chi connectivity index (χ1n) is 9.27. The lowest BCUT2D eigenvalue weighted by Crippen LogP contribution is -2.12. The van der Waals surface area contributed by atoms with Crippen molar-refractivity contribution in [1.82, 2.24) is 4.98 Å². The zero-order chi connectivity index (χ0) is 21.5. The summed E-state index contributed by atoms with van der Waals surface area (Å²) in [4.78, 5) is 18.6. The first-order valence-corrected chi connectivity index (χ1v) is 10.5. The van der Waals surface area contributed by atoms with Crippen LogP contribution >= 0.6 is 22.9 Å². The molecule has 0 unspecified atom stereocenters. The number of anilines is 2. The molecule has 4 aromatic rings. The van der Waals surface area contributed by atoms with Gasteiger partial charge in [-0.15, -0.1) is 11.3 Å². The van der Waals surface area contributed by atoms with Crippen LogP contribution in [0.15, 0.2) is 48.5 Å². The van der Waals surface area contributed by atoms with Gasteiger partial charge in [-0.25, -0.2) is 4.98 Å². The molecule has 0 saturated carbocycles. The summed E-state index contributed by atoms with van der Waals surface area (Å²) in [5.41, 5.74) is 8.71. The minimum Gasteiger partial charge on any atom is -0.497 e. The van der Waals surface area contributed by atoms with Crippen LogP contribution in [0.4, 0.5) is 11.4 Å². The summed E-state index contributed by atoms with van der Waals surface area (Å²) in [7, 11) is 1.54. The molecule has 3 N–H and O–H groups in total. The number of nitrogen functional groups attached to an aromatic ring is 1. The van der Waals surface area contributed by atoms with Crippen molar-refractivity contribution in [3.63, 3.8) is 0 Å². The summed E-state index contributed by atoms with van der Waals surface area (Å²) in [6, 6.07) is 14.4. The second-order valence-corrected chi connectivity index (χ2v) is 8.17. The van der Waals surface area contributed by atoms with Gasteiger partial charge in [-0.1, -0.05) is 11.6 Å². The average molecular weight is 454 g/mol. The first kappa shape index (κ1) is 19.5. The van der Waals surface area contributed by atoms with E-state index in [1.165, 1.54) is 11.3 Å². The normalized spacial score (nSPS) is 12.2. The van der Waals surface area contributed by atoms with Crippen LogP contribution in [-0.4, -0.2) is 24.8 Å². The summed E-state index contributed by atoms with van der Waals surface area (Å²) in [5.74, 6) is 1.61. The Morgan fingerprint density at radius 1 is 1.16 bits per heavy atom. The number of fused-ring (bicyclic) bond motifs is 2. The van der Waals surface area contributed by atoms with Crippen molar-refractivity contribution in [2.45, 2.75) is 0 Å². The van der Waals surface area contributed by atoms with E-state index in [2.05, 4.69) is 5.32 Å². The Kier molecular flexibility index (Phi) is 4.80. The monoisotopic (exact) mass is 453 g/mol. The summed E-state index contributed by atoms with van der Waals surface area (Å²) < 4.78 is 16.0. The van der Waals surface area contributed by atoms with Crippen molar-refractivity contribution in [3.8, 4) is 28.5 Å². The average Bonchev–Trinajstić information content (AvgIpc) is 3.38. The topological polar surface area (TPSA) is 95.7 Å². The van der Waals surface area contributed by atoms with Crippen molar-refractivity contribution < 1.29 is 19.0 Å². The molecule has 0 radical (unpaired) electrons. The molecule has 7 nitrogen and oxygen atoms in total. The molecule has 3 heterocycles. The molecule has 0 spiro atoms. The SMILES string of the molecule is COc1ccc(Cl)c(NC(=O)c2sc3nc(-c4ccc5c(c4)OCO5)ccc3c2N)c1. The van der Waals surface area contributed by atoms with Crippen molar-refractivity contribution in [1.29, 1.82) is 0 Å². The van der Waals surface area contributed by atoms with Crippen LogP contribution in [0.1, 0.15) is 9.67 Å². The molecule has 5 rings (SSSR count). The van der Waals surface area contributed by atoms with Crippen LogP contribution < -0.4 is 25.3 Å². The minimum atomic E-state index is -0.361. The first-order chi connectivity index (χ1) is 15.0. The number of carbonyl (C=O) groups excluding carboxylic acids is 1. The molecule has 9 heteroatoms. The number of pyridine rings is 1. The number of methoxy groups -OCH3 is 1. The van der Waals surface area contributed by atoms with Gasteiger partial charge in [0.2, 0.25) is 6.79 Å². The van der Waals surface area contributed by atoms with Crippen molar-refractivity contribution in [2.24, 2.45) is 0 Å². The number of hydrogen-bond acceptors (Lipinski definition) is 7. The van der Waals surface area contributed by atoms with Gasteiger partial charge in [0.25, 0.3) is 5.91 Å². The Bertz CT molecular complexity index is 1340. The zero-order valence-electron chi connectivity index (χ0n) is 16.3. The van der Waals surface area contributed by atoms with Crippen LogP contribution in [0.25, 0.3) is 21.5 Å². The molecule has 0 bridgehead atoms. The summed E-state index contributed by atoms with van der Waals surface area (Å²) in [6.45, 7) is 0.211. The van der Waals surface area contributed by atoms with E-state index in [1.807, 2.05) is 30.3 Å². The summed E-state index contributed by atoms with van der Waals surface area (Å²) >= 11 is 7.43. The van der Waals surface area contributed by atoms with E-state index in [4.69, 9.17) is 36.5 Å². The predicted octanol–water partition coefficient (Wildman–Crippen LogP) is 5.19. The standard InChI is InChI=1S/C22H16ClN3O4S/c1-28-12-3-5-14(23)16(9-12)25-21(27)20-19(24)13-4-6-15(26-22(13)31-20)11-2-7-17-18(8-11)30-10-29-17/h2-9H,10,24H2,1H3,(H,25,27). The van der Waals surface area contributed by atoms with Crippen LogP contribution in [0.5, 0.6) is 17.2 Å². The fourth-order valence-corrected chi connectivity index (χ4v) is 4.44. The Labute approximate surface area is 186 Å². The molecule has 156 valence electrons. The summed E-state index contributed by atoms with van der Waals surface area (Å²) in [5, 5.41) is 3.92. The van der Waals surface area contributed by atoms with Gasteiger partial charge in [-0.2, -0.15) is 0 Å². The second kappa shape index (κ2) is 7.64. The largest absolute Gasteiger partial charge is 0.497 e. The molecule has 1 amide bonds. The lowest BCUT2D eigenvalue weighted by molar-refractivity contribution is 0.103. The zero-order valence-corrected chi connectivity index (χ0v) is 17.8. The third-order valence-electron chi connectivity index (χ3n) is 4.89. The third-order valence-corrected chi connectivity index (χ3v) is 6.33. The fraction of sp³-hybridized carbons (Fsp3) is 0.0909. The van der Waals surface area contributed by atoms with E-state index in [9.17, 15) is 4.79 Å².